The molecule has 0 aliphatic heterocycles. The molecule has 0 spiro atoms. The Kier molecular flexibility index (Phi) is 4.72. The molecular weight excluding hydrogens is 252 g/mol. The molecule has 1 rings (SSSR count). The van der Waals surface area contributed by atoms with Crippen molar-refractivity contribution in [1.29, 1.82) is 0 Å². The second kappa shape index (κ2) is 6.26. The Labute approximate surface area is 108 Å². The van der Waals surface area contributed by atoms with Crippen LogP contribution in [-0.2, 0) is 9.59 Å². The summed E-state index contributed by atoms with van der Waals surface area (Å²) in [6.45, 7) is 1.21. The van der Waals surface area contributed by atoms with Gasteiger partial charge in [0.2, 0.25) is 5.91 Å². The quantitative estimate of drug-likeness (QED) is 0.233. The minimum Gasteiger partial charge on any atom is -0.322 e. The molecule has 8 nitrogen and oxygen atoms in total. The first-order valence-electron chi connectivity index (χ1n) is 5.19. The molecule has 0 aromatic heterocycles. The van der Waals surface area contributed by atoms with Crippen molar-refractivity contribution in [3.63, 3.8) is 0 Å². The van der Waals surface area contributed by atoms with Crippen molar-refractivity contribution >= 4 is 23.6 Å². The van der Waals surface area contributed by atoms with E-state index in [9.17, 15) is 19.7 Å². The predicted octanol–water partition coefficient (Wildman–Crippen LogP) is 0.0617. The SMILES string of the molecule is CC(=O)N/C(=C\c1ccccc1[N+](=O)[O-])C(=O)NN. The standard InChI is InChI=1S/C11H12N4O4/c1-7(16)13-9(11(17)14-12)6-8-4-2-3-5-10(8)15(18)19/h2-6H,12H2,1H3,(H,13,16)(H,14,17)/b9-6-. The molecule has 1 aromatic rings. The molecule has 0 fully saturated rings. The topological polar surface area (TPSA) is 127 Å². The zero-order valence-electron chi connectivity index (χ0n) is 10.0. The second-order valence-electron chi connectivity index (χ2n) is 3.53. The van der Waals surface area contributed by atoms with E-state index in [2.05, 4.69) is 5.32 Å². The molecule has 0 heterocycles. The van der Waals surface area contributed by atoms with Gasteiger partial charge < -0.3 is 5.32 Å². The monoisotopic (exact) mass is 264 g/mol. The molecule has 0 saturated heterocycles. The smallest absolute Gasteiger partial charge is 0.281 e. The molecule has 0 bridgehead atoms. The lowest BCUT2D eigenvalue weighted by atomic mass is 10.1. The van der Waals surface area contributed by atoms with Crippen LogP contribution in [0.5, 0.6) is 0 Å². The largest absolute Gasteiger partial charge is 0.322 e. The number of nitrogens with two attached hydrogens (primary N) is 1. The summed E-state index contributed by atoms with van der Waals surface area (Å²) in [6, 6.07) is 5.81. The molecule has 0 aliphatic rings. The molecule has 0 saturated carbocycles. The van der Waals surface area contributed by atoms with E-state index in [-0.39, 0.29) is 16.9 Å². The Morgan fingerprint density at radius 2 is 2.00 bits per heavy atom. The minimum absolute atomic E-state index is 0.177. The molecule has 1 aromatic carbocycles. The Morgan fingerprint density at radius 1 is 1.37 bits per heavy atom. The first-order chi connectivity index (χ1) is 8.95. The lowest BCUT2D eigenvalue weighted by molar-refractivity contribution is -0.385. The molecule has 0 radical (unpaired) electrons. The van der Waals surface area contributed by atoms with E-state index in [0.29, 0.717) is 0 Å². The summed E-state index contributed by atoms with van der Waals surface area (Å²) in [7, 11) is 0. The maximum Gasteiger partial charge on any atom is 0.281 e. The highest BCUT2D eigenvalue weighted by molar-refractivity contribution is 6.01. The molecule has 0 aliphatic carbocycles. The number of hydrogen-bond acceptors (Lipinski definition) is 5. The number of nitro groups is 1. The number of nitrogens with one attached hydrogen (secondary N) is 2. The third-order valence-electron chi connectivity index (χ3n) is 2.12. The van der Waals surface area contributed by atoms with Gasteiger partial charge in [0.15, 0.2) is 0 Å². The van der Waals surface area contributed by atoms with Crippen molar-refractivity contribution < 1.29 is 14.5 Å². The van der Waals surface area contributed by atoms with Crippen molar-refractivity contribution in [2.45, 2.75) is 6.92 Å². The van der Waals surface area contributed by atoms with E-state index in [1.807, 2.05) is 5.43 Å². The van der Waals surface area contributed by atoms with Crippen molar-refractivity contribution in [2.75, 3.05) is 0 Å². The molecular formula is C11H12N4O4. The van der Waals surface area contributed by atoms with Crippen LogP contribution in [0.3, 0.4) is 0 Å². The maximum atomic E-state index is 11.4. The third kappa shape index (κ3) is 3.89. The molecule has 4 N–H and O–H groups in total. The number of nitro benzene ring substituents is 1. The lowest BCUT2D eigenvalue weighted by Gasteiger charge is -2.06. The number of hydrogen-bond donors (Lipinski definition) is 3. The van der Waals surface area contributed by atoms with E-state index in [1.165, 1.54) is 31.2 Å². The number of carbonyl (C=O) groups excluding carboxylic acids is 2. The number of amides is 2. The number of carbonyl (C=O) groups is 2. The minimum atomic E-state index is -0.756. The number of hydrazine groups is 1. The van der Waals surface area contributed by atoms with Gasteiger partial charge in [-0.3, -0.25) is 25.1 Å². The summed E-state index contributed by atoms with van der Waals surface area (Å²) in [5.74, 6) is 3.73. The van der Waals surface area contributed by atoms with Crippen LogP contribution in [0.4, 0.5) is 5.69 Å². The first-order valence-corrected chi connectivity index (χ1v) is 5.19. The number of benzene rings is 1. The van der Waals surface area contributed by atoms with Crippen LogP contribution in [0.1, 0.15) is 12.5 Å². The fourth-order valence-electron chi connectivity index (χ4n) is 1.36. The molecule has 2 amide bonds. The summed E-state index contributed by atoms with van der Waals surface area (Å²) in [6.07, 6.45) is 1.18. The highest BCUT2D eigenvalue weighted by Crippen LogP contribution is 2.20. The zero-order valence-corrected chi connectivity index (χ0v) is 10.0. The average Bonchev–Trinajstić information content (AvgIpc) is 2.36. The van der Waals surface area contributed by atoms with Crippen LogP contribution < -0.4 is 16.6 Å². The van der Waals surface area contributed by atoms with Crippen molar-refractivity contribution in [2.24, 2.45) is 5.84 Å². The van der Waals surface area contributed by atoms with E-state index in [4.69, 9.17) is 5.84 Å². The van der Waals surface area contributed by atoms with Crippen LogP contribution >= 0.6 is 0 Å². The molecule has 100 valence electrons. The Hall–Kier alpha value is -2.74. The van der Waals surface area contributed by atoms with Crippen molar-refractivity contribution in [3.8, 4) is 0 Å². The van der Waals surface area contributed by atoms with E-state index < -0.39 is 16.7 Å². The van der Waals surface area contributed by atoms with Gasteiger partial charge in [0, 0.05) is 13.0 Å². The number of nitrogens with zero attached hydrogens (tertiary/aromatic N) is 1. The van der Waals surface area contributed by atoms with Gasteiger partial charge in [0.1, 0.15) is 5.70 Å². The zero-order chi connectivity index (χ0) is 14.4. The van der Waals surface area contributed by atoms with Crippen LogP contribution in [0.25, 0.3) is 6.08 Å². The molecule has 0 atom stereocenters. The van der Waals surface area contributed by atoms with Crippen molar-refractivity contribution in [3.05, 3.63) is 45.6 Å². The normalized spacial score (nSPS) is 10.7. The third-order valence-corrected chi connectivity index (χ3v) is 2.12. The summed E-state index contributed by atoms with van der Waals surface area (Å²) >= 11 is 0. The van der Waals surface area contributed by atoms with Crippen molar-refractivity contribution in [1.82, 2.24) is 10.7 Å². The maximum absolute atomic E-state index is 11.4. The predicted molar refractivity (Wildman–Crippen MR) is 67.2 cm³/mol. The number of para-hydroxylation sites is 1. The average molecular weight is 264 g/mol. The van der Waals surface area contributed by atoms with Gasteiger partial charge in [-0.05, 0) is 12.1 Å². The van der Waals surface area contributed by atoms with E-state index >= 15 is 0 Å². The molecule has 8 heteroatoms. The molecule has 0 unspecified atom stereocenters. The second-order valence-corrected chi connectivity index (χ2v) is 3.53. The van der Waals surface area contributed by atoms with Gasteiger partial charge >= 0.3 is 0 Å². The fraction of sp³-hybridized carbons (Fsp3) is 0.0909. The van der Waals surface area contributed by atoms with Gasteiger partial charge in [0.05, 0.1) is 10.5 Å². The Balaban J connectivity index is 3.25. The van der Waals surface area contributed by atoms with Crippen LogP contribution in [0.15, 0.2) is 30.0 Å². The summed E-state index contributed by atoms with van der Waals surface area (Å²) in [5, 5.41) is 13.1. The fourth-order valence-corrected chi connectivity index (χ4v) is 1.36. The summed E-state index contributed by atoms with van der Waals surface area (Å²) in [4.78, 5) is 32.7. The molecule has 19 heavy (non-hydrogen) atoms. The number of rotatable bonds is 4. The van der Waals surface area contributed by atoms with Crippen LogP contribution in [0, 0.1) is 10.1 Å². The van der Waals surface area contributed by atoms with Gasteiger partial charge in [-0.1, -0.05) is 12.1 Å². The Morgan fingerprint density at radius 3 is 2.53 bits per heavy atom. The van der Waals surface area contributed by atoms with E-state index in [1.54, 1.807) is 6.07 Å². The van der Waals surface area contributed by atoms with Crippen LogP contribution in [0.2, 0.25) is 0 Å². The van der Waals surface area contributed by atoms with E-state index in [0.717, 1.165) is 0 Å². The lowest BCUT2D eigenvalue weighted by Crippen LogP contribution is -2.37. The van der Waals surface area contributed by atoms with Gasteiger partial charge in [0.25, 0.3) is 11.6 Å². The first kappa shape index (κ1) is 14.3. The van der Waals surface area contributed by atoms with Gasteiger partial charge in [-0.25, -0.2) is 5.84 Å². The summed E-state index contributed by atoms with van der Waals surface area (Å²) in [5.41, 5.74) is 1.67. The highest BCUT2D eigenvalue weighted by atomic mass is 16.6. The van der Waals surface area contributed by atoms with Gasteiger partial charge in [-0.2, -0.15) is 0 Å². The van der Waals surface area contributed by atoms with Gasteiger partial charge in [-0.15, -0.1) is 0 Å². The van der Waals surface area contributed by atoms with Crippen LogP contribution in [-0.4, -0.2) is 16.7 Å². The Bertz CT molecular complexity index is 553. The summed E-state index contributed by atoms with van der Waals surface area (Å²) < 4.78 is 0. The highest BCUT2D eigenvalue weighted by Gasteiger charge is 2.15.